The summed E-state index contributed by atoms with van der Waals surface area (Å²) in [5.41, 5.74) is 1.98. The molecule has 110 valence electrons. The third-order valence-electron chi connectivity index (χ3n) is 3.70. The molecule has 0 spiro atoms. The van der Waals surface area contributed by atoms with E-state index in [1.54, 1.807) is 0 Å². The molecule has 0 radical (unpaired) electrons. The molecule has 0 aliphatic heterocycles. The molecule has 1 unspecified atom stereocenters. The molecule has 1 rings (SSSR count). The third-order valence-corrected chi connectivity index (χ3v) is 3.70. The average Bonchev–Trinajstić information content (AvgIpc) is 2.45. The van der Waals surface area contributed by atoms with Gasteiger partial charge in [0, 0.05) is 6.04 Å². The van der Waals surface area contributed by atoms with Crippen molar-refractivity contribution in [2.75, 3.05) is 6.54 Å². The largest absolute Gasteiger partial charge is 0.310 e. The zero-order valence-electron chi connectivity index (χ0n) is 13.2. The summed E-state index contributed by atoms with van der Waals surface area (Å²) < 4.78 is 0. The predicted molar refractivity (Wildman–Crippen MR) is 85.5 cm³/mol. The molecule has 0 heterocycles. The first-order valence-electron chi connectivity index (χ1n) is 7.87. The first kappa shape index (κ1) is 16.7. The second-order valence-electron chi connectivity index (χ2n) is 6.01. The van der Waals surface area contributed by atoms with Crippen molar-refractivity contribution in [1.82, 2.24) is 5.32 Å². The highest BCUT2D eigenvalue weighted by molar-refractivity contribution is 5.32. The highest BCUT2D eigenvalue weighted by Crippen LogP contribution is 2.13. The van der Waals surface area contributed by atoms with Gasteiger partial charge in [-0.3, -0.25) is 0 Å². The lowest BCUT2D eigenvalue weighted by Gasteiger charge is -2.14. The predicted octanol–water partition coefficient (Wildman–Crippen LogP) is 4.82. The van der Waals surface area contributed by atoms with Crippen LogP contribution in [0, 0.1) is 17.2 Å². The van der Waals surface area contributed by atoms with Crippen molar-refractivity contribution in [1.29, 1.82) is 5.26 Å². The highest BCUT2D eigenvalue weighted by atomic mass is 14.9. The molecule has 1 atom stereocenters. The van der Waals surface area contributed by atoms with Crippen molar-refractivity contribution < 1.29 is 0 Å². The molecule has 20 heavy (non-hydrogen) atoms. The van der Waals surface area contributed by atoms with Gasteiger partial charge in [-0.1, -0.05) is 51.7 Å². The maximum absolute atomic E-state index is 8.78. The van der Waals surface area contributed by atoms with Crippen LogP contribution in [0.15, 0.2) is 24.3 Å². The summed E-state index contributed by atoms with van der Waals surface area (Å²) in [6, 6.07) is 10.4. The van der Waals surface area contributed by atoms with Gasteiger partial charge in [0.05, 0.1) is 11.6 Å². The Bertz CT molecular complexity index is 400. The van der Waals surface area contributed by atoms with Gasteiger partial charge in [-0.15, -0.1) is 0 Å². The first-order chi connectivity index (χ1) is 9.63. The molecule has 1 N–H and O–H groups in total. The number of nitriles is 1. The SMILES string of the molecule is CC(C)CCCCCCNC(C)c1ccc(C#N)cc1. The van der Waals surface area contributed by atoms with Gasteiger partial charge in [0.2, 0.25) is 0 Å². The topological polar surface area (TPSA) is 35.8 Å². The molecule has 0 fully saturated rings. The Morgan fingerprint density at radius 2 is 1.65 bits per heavy atom. The van der Waals surface area contributed by atoms with Crippen LogP contribution in [0.5, 0.6) is 0 Å². The quantitative estimate of drug-likeness (QED) is 0.654. The van der Waals surface area contributed by atoms with Crippen LogP contribution < -0.4 is 5.32 Å². The van der Waals surface area contributed by atoms with E-state index in [2.05, 4.69) is 32.2 Å². The van der Waals surface area contributed by atoms with Crippen LogP contribution in [0.25, 0.3) is 0 Å². The Kier molecular flexibility index (Phi) is 7.99. The van der Waals surface area contributed by atoms with E-state index in [-0.39, 0.29) is 0 Å². The fourth-order valence-corrected chi connectivity index (χ4v) is 2.31. The van der Waals surface area contributed by atoms with Crippen molar-refractivity contribution in [2.45, 2.75) is 58.9 Å². The normalized spacial score (nSPS) is 12.3. The maximum Gasteiger partial charge on any atom is 0.0991 e. The van der Waals surface area contributed by atoms with Crippen LogP contribution in [-0.4, -0.2) is 6.54 Å². The Morgan fingerprint density at radius 3 is 2.25 bits per heavy atom. The van der Waals surface area contributed by atoms with Gasteiger partial charge in [0.15, 0.2) is 0 Å². The summed E-state index contributed by atoms with van der Waals surface area (Å²) in [5, 5.41) is 12.3. The second-order valence-corrected chi connectivity index (χ2v) is 6.01. The molecule has 0 aromatic heterocycles. The molecular formula is C18H28N2. The summed E-state index contributed by atoms with van der Waals surface area (Å²) in [6.45, 7) is 7.84. The summed E-state index contributed by atoms with van der Waals surface area (Å²) in [7, 11) is 0. The van der Waals surface area contributed by atoms with Gasteiger partial charge < -0.3 is 5.32 Å². The Hall–Kier alpha value is -1.33. The van der Waals surface area contributed by atoms with Crippen molar-refractivity contribution >= 4 is 0 Å². The van der Waals surface area contributed by atoms with Crippen LogP contribution in [0.1, 0.15) is 70.0 Å². The maximum atomic E-state index is 8.78. The monoisotopic (exact) mass is 272 g/mol. The van der Waals surface area contributed by atoms with E-state index in [0.29, 0.717) is 6.04 Å². The number of hydrogen-bond acceptors (Lipinski definition) is 2. The van der Waals surface area contributed by atoms with Crippen LogP contribution in [-0.2, 0) is 0 Å². The molecule has 0 aliphatic carbocycles. The number of hydrogen-bond donors (Lipinski definition) is 1. The number of unbranched alkanes of at least 4 members (excludes halogenated alkanes) is 3. The summed E-state index contributed by atoms with van der Waals surface area (Å²) >= 11 is 0. The fraction of sp³-hybridized carbons (Fsp3) is 0.611. The molecular weight excluding hydrogens is 244 g/mol. The standard InChI is InChI=1S/C18H28N2/c1-15(2)8-6-4-5-7-13-20-16(3)18-11-9-17(14-19)10-12-18/h9-12,15-16,20H,4-8,13H2,1-3H3. The van der Waals surface area contributed by atoms with E-state index >= 15 is 0 Å². The second kappa shape index (κ2) is 9.55. The molecule has 1 aromatic rings. The van der Waals surface area contributed by atoms with Crippen molar-refractivity contribution in [3.05, 3.63) is 35.4 Å². The van der Waals surface area contributed by atoms with E-state index in [4.69, 9.17) is 5.26 Å². The summed E-state index contributed by atoms with van der Waals surface area (Å²) in [4.78, 5) is 0. The first-order valence-corrected chi connectivity index (χ1v) is 7.87. The number of rotatable bonds is 9. The zero-order valence-corrected chi connectivity index (χ0v) is 13.2. The zero-order chi connectivity index (χ0) is 14.8. The Balaban J connectivity index is 2.13. The van der Waals surface area contributed by atoms with Gasteiger partial charge in [0.25, 0.3) is 0 Å². The molecule has 0 saturated carbocycles. The van der Waals surface area contributed by atoms with Gasteiger partial charge in [-0.25, -0.2) is 0 Å². The minimum absolute atomic E-state index is 0.360. The van der Waals surface area contributed by atoms with Crippen LogP contribution >= 0.6 is 0 Å². The lowest BCUT2D eigenvalue weighted by molar-refractivity contribution is 0.498. The number of nitrogens with one attached hydrogen (secondary N) is 1. The van der Waals surface area contributed by atoms with Crippen LogP contribution in [0.4, 0.5) is 0 Å². The van der Waals surface area contributed by atoms with E-state index in [1.807, 2.05) is 24.3 Å². The van der Waals surface area contributed by atoms with Gasteiger partial charge >= 0.3 is 0 Å². The number of nitrogens with zero attached hydrogens (tertiary/aromatic N) is 1. The van der Waals surface area contributed by atoms with E-state index in [1.165, 1.54) is 37.7 Å². The van der Waals surface area contributed by atoms with Crippen LogP contribution in [0.2, 0.25) is 0 Å². The fourth-order valence-electron chi connectivity index (χ4n) is 2.31. The van der Waals surface area contributed by atoms with Crippen molar-refractivity contribution in [2.24, 2.45) is 5.92 Å². The minimum atomic E-state index is 0.360. The van der Waals surface area contributed by atoms with E-state index in [9.17, 15) is 0 Å². The Labute approximate surface area is 124 Å². The van der Waals surface area contributed by atoms with Crippen LogP contribution in [0.3, 0.4) is 0 Å². The molecule has 2 nitrogen and oxygen atoms in total. The van der Waals surface area contributed by atoms with Gasteiger partial charge in [0.1, 0.15) is 0 Å². The third kappa shape index (κ3) is 6.73. The van der Waals surface area contributed by atoms with Crippen molar-refractivity contribution in [3.8, 4) is 6.07 Å². The lowest BCUT2D eigenvalue weighted by Crippen LogP contribution is -2.19. The molecule has 0 saturated heterocycles. The molecule has 0 bridgehead atoms. The molecule has 0 aliphatic rings. The van der Waals surface area contributed by atoms with E-state index < -0.39 is 0 Å². The summed E-state index contributed by atoms with van der Waals surface area (Å²) in [6.07, 6.45) is 6.64. The van der Waals surface area contributed by atoms with Crippen molar-refractivity contribution in [3.63, 3.8) is 0 Å². The smallest absolute Gasteiger partial charge is 0.0991 e. The number of benzene rings is 1. The highest BCUT2D eigenvalue weighted by Gasteiger charge is 2.04. The summed E-state index contributed by atoms with van der Waals surface area (Å²) in [5.74, 6) is 0.838. The van der Waals surface area contributed by atoms with E-state index in [0.717, 1.165) is 18.0 Å². The molecule has 0 amide bonds. The average molecular weight is 272 g/mol. The lowest BCUT2D eigenvalue weighted by atomic mass is 10.0. The minimum Gasteiger partial charge on any atom is -0.310 e. The molecule has 1 aromatic carbocycles. The molecule has 2 heteroatoms. The van der Waals surface area contributed by atoms with Gasteiger partial charge in [-0.05, 0) is 43.5 Å². The Morgan fingerprint density at radius 1 is 1.00 bits per heavy atom. The van der Waals surface area contributed by atoms with Gasteiger partial charge in [-0.2, -0.15) is 5.26 Å².